The maximum atomic E-state index is 13.0. The molecule has 2 fully saturated rings. The van der Waals surface area contributed by atoms with Gasteiger partial charge in [-0.15, -0.1) is 0 Å². The van der Waals surface area contributed by atoms with Gasteiger partial charge in [-0.3, -0.25) is 9.59 Å². The first kappa shape index (κ1) is 28.7. The van der Waals surface area contributed by atoms with Gasteiger partial charge in [-0.25, -0.2) is 0 Å². The standard InChI is InChI=1S/C32H50O4/c33-29-19-15-11-7-3-1-5-9-13-17-25(29)21-27-23-32(36)28(24-31(27)35)22-26-18-14-10-6-2-4-8-12-16-20-30(26)34/h23-26,35-36H,1-22H2/t25-,26-/m0/s1. The number of carbonyl (C=O) groups is 2. The normalized spacial score (nSPS) is 24.7. The Bertz CT molecular complexity index is 747. The maximum Gasteiger partial charge on any atom is 0.136 e. The molecule has 0 aromatic heterocycles. The van der Waals surface area contributed by atoms with Crippen molar-refractivity contribution in [1.82, 2.24) is 0 Å². The molecule has 0 amide bonds. The van der Waals surface area contributed by atoms with Gasteiger partial charge < -0.3 is 10.2 Å². The van der Waals surface area contributed by atoms with Crippen LogP contribution in [0.3, 0.4) is 0 Å². The highest BCUT2D eigenvalue weighted by Crippen LogP contribution is 2.34. The van der Waals surface area contributed by atoms with Crippen LogP contribution in [0.5, 0.6) is 11.5 Å². The SMILES string of the molecule is O=C1CCCCCCCCCC[C@H]1Cc1cc(O)c(C[C@@H]2CCCCCCCCCCC2=O)cc1O. The van der Waals surface area contributed by atoms with Gasteiger partial charge >= 0.3 is 0 Å². The number of rotatable bonds is 4. The van der Waals surface area contributed by atoms with Crippen LogP contribution >= 0.6 is 0 Å². The summed E-state index contributed by atoms with van der Waals surface area (Å²) in [7, 11) is 0. The van der Waals surface area contributed by atoms with Gasteiger partial charge in [-0.1, -0.05) is 89.9 Å². The highest BCUT2D eigenvalue weighted by molar-refractivity contribution is 5.82. The van der Waals surface area contributed by atoms with Gasteiger partial charge in [0.15, 0.2) is 0 Å². The van der Waals surface area contributed by atoms with Crippen molar-refractivity contribution in [2.45, 2.75) is 141 Å². The van der Waals surface area contributed by atoms with E-state index in [9.17, 15) is 19.8 Å². The molecular formula is C32H50O4. The van der Waals surface area contributed by atoms with Crippen LogP contribution in [-0.2, 0) is 22.4 Å². The molecule has 0 unspecified atom stereocenters. The zero-order valence-electron chi connectivity index (χ0n) is 22.6. The summed E-state index contributed by atoms with van der Waals surface area (Å²) < 4.78 is 0. The smallest absolute Gasteiger partial charge is 0.136 e. The Balaban J connectivity index is 1.67. The molecule has 0 spiro atoms. The summed E-state index contributed by atoms with van der Waals surface area (Å²) in [6.07, 6.45) is 22.6. The fraction of sp³-hybridized carbons (Fsp3) is 0.750. The Kier molecular flexibility index (Phi) is 12.8. The minimum atomic E-state index is -0.0894. The molecule has 36 heavy (non-hydrogen) atoms. The molecule has 2 saturated carbocycles. The third kappa shape index (κ3) is 9.90. The van der Waals surface area contributed by atoms with Crippen molar-refractivity contribution >= 4 is 11.6 Å². The van der Waals surface area contributed by atoms with Gasteiger partial charge in [0, 0.05) is 24.7 Å². The number of phenolic OH excluding ortho intramolecular Hbond substituents is 2. The van der Waals surface area contributed by atoms with Crippen LogP contribution in [0, 0.1) is 11.8 Å². The van der Waals surface area contributed by atoms with Crippen molar-refractivity contribution in [3.63, 3.8) is 0 Å². The number of hydrogen-bond acceptors (Lipinski definition) is 4. The number of ketones is 2. The van der Waals surface area contributed by atoms with Gasteiger partial charge in [0.1, 0.15) is 23.1 Å². The molecule has 0 radical (unpaired) electrons. The third-order valence-corrected chi connectivity index (χ3v) is 8.57. The molecule has 4 heteroatoms. The Morgan fingerprint density at radius 3 is 1.17 bits per heavy atom. The lowest BCUT2D eigenvalue weighted by atomic mass is 9.84. The maximum absolute atomic E-state index is 13.0. The van der Waals surface area contributed by atoms with E-state index >= 15 is 0 Å². The van der Waals surface area contributed by atoms with Crippen LogP contribution < -0.4 is 0 Å². The highest BCUT2D eigenvalue weighted by Gasteiger charge is 2.24. The van der Waals surface area contributed by atoms with E-state index in [4.69, 9.17) is 0 Å². The highest BCUT2D eigenvalue weighted by atomic mass is 16.3. The number of hydrogen-bond donors (Lipinski definition) is 2. The average Bonchev–Trinajstić information content (AvgIpc) is 2.85. The van der Waals surface area contributed by atoms with Crippen LogP contribution in [-0.4, -0.2) is 21.8 Å². The van der Waals surface area contributed by atoms with Gasteiger partial charge in [-0.05, 0) is 61.8 Å². The Morgan fingerprint density at radius 1 is 0.500 bits per heavy atom. The zero-order chi connectivity index (χ0) is 25.6. The molecule has 0 bridgehead atoms. The topological polar surface area (TPSA) is 74.6 Å². The molecule has 1 aromatic rings. The van der Waals surface area contributed by atoms with Gasteiger partial charge in [0.2, 0.25) is 0 Å². The molecule has 2 aliphatic carbocycles. The monoisotopic (exact) mass is 498 g/mol. The van der Waals surface area contributed by atoms with Crippen molar-refractivity contribution in [1.29, 1.82) is 0 Å². The second-order valence-electron chi connectivity index (χ2n) is 11.6. The Labute approximate surface area is 219 Å². The minimum Gasteiger partial charge on any atom is -0.508 e. The summed E-state index contributed by atoms with van der Waals surface area (Å²) in [5.74, 6) is 0.737. The van der Waals surface area contributed by atoms with Crippen molar-refractivity contribution in [2.75, 3.05) is 0 Å². The largest absolute Gasteiger partial charge is 0.508 e. The van der Waals surface area contributed by atoms with E-state index < -0.39 is 0 Å². The van der Waals surface area contributed by atoms with Crippen LogP contribution in [0.2, 0.25) is 0 Å². The molecule has 0 heterocycles. The number of benzene rings is 1. The van der Waals surface area contributed by atoms with E-state index in [0.29, 0.717) is 48.4 Å². The van der Waals surface area contributed by atoms with Gasteiger partial charge in [-0.2, -0.15) is 0 Å². The molecule has 0 saturated heterocycles. The first-order chi connectivity index (χ1) is 17.5. The van der Waals surface area contributed by atoms with Crippen LogP contribution in [0.4, 0.5) is 0 Å². The summed E-state index contributed by atoms with van der Waals surface area (Å²) >= 11 is 0. The van der Waals surface area contributed by atoms with Gasteiger partial charge in [0.25, 0.3) is 0 Å². The van der Waals surface area contributed by atoms with Crippen LogP contribution in [0.15, 0.2) is 12.1 Å². The predicted octanol–water partition coefficient (Wildman–Crippen LogP) is 8.38. The lowest BCUT2D eigenvalue weighted by molar-refractivity contribution is -0.124. The van der Waals surface area contributed by atoms with Crippen molar-refractivity contribution in [3.05, 3.63) is 23.3 Å². The number of aromatic hydroxyl groups is 2. The fourth-order valence-electron chi connectivity index (χ4n) is 6.18. The summed E-state index contributed by atoms with van der Waals surface area (Å²) in [4.78, 5) is 25.9. The van der Waals surface area contributed by atoms with Crippen LogP contribution in [0.1, 0.15) is 140 Å². The fourth-order valence-corrected chi connectivity index (χ4v) is 6.18. The number of phenols is 2. The molecule has 202 valence electrons. The molecular weight excluding hydrogens is 448 g/mol. The molecule has 2 aliphatic rings. The summed E-state index contributed by atoms with van der Waals surface area (Å²) in [5.41, 5.74) is 1.32. The van der Waals surface area contributed by atoms with Crippen molar-refractivity contribution in [2.24, 2.45) is 11.8 Å². The summed E-state index contributed by atoms with van der Waals surface area (Å²) in [6.45, 7) is 0. The van der Waals surface area contributed by atoms with E-state index in [1.54, 1.807) is 12.1 Å². The van der Waals surface area contributed by atoms with Crippen LogP contribution in [0.25, 0.3) is 0 Å². The second-order valence-corrected chi connectivity index (χ2v) is 11.6. The Hall–Kier alpha value is -1.84. The van der Waals surface area contributed by atoms with Crippen molar-refractivity contribution < 1.29 is 19.8 Å². The summed E-state index contributed by atoms with van der Waals surface area (Å²) in [5, 5.41) is 21.8. The number of carbonyl (C=O) groups excluding carboxylic acids is 2. The molecule has 4 nitrogen and oxygen atoms in total. The van der Waals surface area contributed by atoms with E-state index in [1.807, 2.05) is 0 Å². The first-order valence-corrected chi connectivity index (χ1v) is 15.1. The van der Waals surface area contributed by atoms with E-state index in [-0.39, 0.29) is 23.3 Å². The third-order valence-electron chi connectivity index (χ3n) is 8.57. The van der Waals surface area contributed by atoms with E-state index in [1.165, 1.54) is 51.4 Å². The lowest BCUT2D eigenvalue weighted by Crippen LogP contribution is -2.19. The average molecular weight is 499 g/mol. The number of Topliss-reactive ketones (excluding diaryl/α,β-unsaturated/α-hetero) is 2. The first-order valence-electron chi connectivity index (χ1n) is 15.1. The molecule has 2 N–H and O–H groups in total. The van der Waals surface area contributed by atoms with E-state index in [2.05, 4.69) is 0 Å². The second kappa shape index (κ2) is 16.1. The Morgan fingerprint density at radius 2 is 0.806 bits per heavy atom. The zero-order valence-corrected chi connectivity index (χ0v) is 22.6. The minimum absolute atomic E-state index is 0.0894. The predicted molar refractivity (Wildman–Crippen MR) is 147 cm³/mol. The van der Waals surface area contributed by atoms with Crippen molar-refractivity contribution in [3.8, 4) is 11.5 Å². The quantitative estimate of drug-likeness (QED) is 0.409. The van der Waals surface area contributed by atoms with E-state index in [0.717, 1.165) is 64.2 Å². The summed E-state index contributed by atoms with van der Waals surface area (Å²) in [6, 6.07) is 3.32. The van der Waals surface area contributed by atoms with Gasteiger partial charge in [0.05, 0.1) is 0 Å². The molecule has 1 aromatic carbocycles. The molecule has 3 rings (SSSR count). The molecule has 0 aliphatic heterocycles. The lowest BCUT2D eigenvalue weighted by Gasteiger charge is -2.20. The molecule has 2 atom stereocenters.